The van der Waals surface area contributed by atoms with Crippen LogP contribution in [0.15, 0.2) is 27.6 Å². The molecule has 0 spiro atoms. The summed E-state index contributed by atoms with van der Waals surface area (Å²) in [7, 11) is -2.41. The smallest absolute Gasteiger partial charge is 0.245 e. The fourth-order valence-corrected chi connectivity index (χ4v) is 3.41. The SMILES string of the molecule is CC(C)C(N)CCN(C)S(=O)(=O)c1cc(Br)ccc1F.Cl. The predicted molar refractivity (Wildman–Crippen MR) is 88.6 cm³/mol. The van der Waals surface area contributed by atoms with Gasteiger partial charge < -0.3 is 5.73 Å². The second-order valence-corrected chi connectivity index (χ2v) is 8.03. The van der Waals surface area contributed by atoms with Crippen molar-refractivity contribution in [2.75, 3.05) is 13.6 Å². The molecule has 0 fully saturated rings. The number of halogens is 3. The number of sulfonamides is 1. The summed E-state index contributed by atoms with van der Waals surface area (Å²) in [5, 5.41) is 0. The quantitative estimate of drug-likeness (QED) is 0.794. The van der Waals surface area contributed by atoms with Crippen molar-refractivity contribution in [1.29, 1.82) is 0 Å². The van der Waals surface area contributed by atoms with Crippen LogP contribution in [-0.4, -0.2) is 32.4 Å². The Kier molecular flexibility index (Phi) is 8.35. The van der Waals surface area contributed by atoms with E-state index in [1.807, 2.05) is 13.8 Å². The second kappa shape index (κ2) is 8.43. The molecule has 0 aromatic heterocycles. The van der Waals surface area contributed by atoms with Crippen LogP contribution in [0.2, 0.25) is 0 Å². The Balaban J connectivity index is 0.00000400. The van der Waals surface area contributed by atoms with Gasteiger partial charge in [-0.2, -0.15) is 0 Å². The molecule has 2 N–H and O–H groups in total. The van der Waals surface area contributed by atoms with Gasteiger partial charge in [0.15, 0.2) is 0 Å². The molecular weight excluding hydrogens is 383 g/mol. The number of hydrogen-bond acceptors (Lipinski definition) is 3. The van der Waals surface area contributed by atoms with Gasteiger partial charge in [0, 0.05) is 24.1 Å². The molecule has 1 unspecified atom stereocenters. The van der Waals surface area contributed by atoms with E-state index in [4.69, 9.17) is 5.73 Å². The summed E-state index contributed by atoms with van der Waals surface area (Å²) in [6, 6.07) is 3.78. The molecule has 21 heavy (non-hydrogen) atoms. The molecule has 0 aliphatic carbocycles. The number of benzene rings is 1. The van der Waals surface area contributed by atoms with E-state index in [0.717, 1.165) is 10.4 Å². The molecule has 1 rings (SSSR count). The lowest BCUT2D eigenvalue weighted by atomic mass is 10.0. The third-order valence-electron chi connectivity index (χ3n) is 3.22. The number of hydrogen-bond donors (Lipinski definition) is 1. The summed E-state index contributed by atoms with van der Waals surface area (Å²) < 4.78 is 40.0. The maximum absolute atomic E-state index is 13.7. The molecular formula is C13H21BrClFN2O2S. The molecule has 1 aromatic carbocycles. The number of rotatable bonds is 6. The van der Waals surface area contributed by atoms with Gasteiger partial charge in [-0.05, 0) is 30.5 Å². The molecule has 4 nitrogen and oxygen atoms in total. The molecule has 0 aliphatic rings. The van der Waals surface area contributed by atoms with Gasteiger partial charge >= 0.3 is 0 Å². The minimum Gasteiger partial charge on any atom is -0.327 e. The highest BCUT2D eigenvalue weighted by molar-refractivity contribution is 9.10. The van der Waals surface area contributed by atoms with Crippen LogP contribution < -0.4 is 5.73 Å². The first kappa shape index (κ1) is 20.8. The maximum Gasteiger partial charge on any atom is 0.245 e. The highest BCUT2D eigenvalue weighted by Gasteiger charge is 2.25. The van der Waals surface area contributed by atoms with E-state index in [1.54, 1.807) is 0 Å². The minimum atomic E-state index is -3.84. The first-order valence-corrected chi connectivity index (χ1v) is 8.56. The van der Waals surface area contributed by atoms with Gasteiger partial charge in [-0.15, -0.1) is 12.4 Å². The van der Waals surface area contributed by atoms with Crippen LogP contribution in [0, 0.1) is 11.7 Å². The highest BCUT2D eigenvalue weighted by atomic mass is 79.9. The lowest BCUT2D eigenvalue weighted by Crippen LogP contribution is -2.35. The zero-order valence-electron chi connectivity index (χ0n) is 12.2. The van der Waals surface area contributed by atoms with Crippen molar-refractivity contribution in [3.05, 3.63) is 28.5 Å². The Morgan fingerprint density at radius 2 is 1.95 bits per heavy atom. The molecule has 122 valence electrons. The van der Waals surface area contributed by atoms with Gasteiger partial charge in [0.2, 0.25) is 10.0 Å². The Morgan fingerprint density at radius 1 is 1.38 bits per heavy atom. The largest absolute Gasteiger partial charge is 0.327 e. The zero-order valence-corrected chi connectivity index (χ0v) is 15.4. The van der Waals surface area contributed by atoms with Crippen LogP contribution in [0.25, 0.3) is 0 Å². The summed E-state index contributed by atoms with van der Waals surface area (Å²) in [5.74, 6) is -0.484. The number of nitrogens with zero attached hydrogens (tertiary/aromatic N) is 1. The van der Waals surface area contributed by atoms with E-state index in [9.17, 15) is 12.8 Å². The average Bonchev–Trinajstić information content (AvgIpc) is 2.37. The molecule has 0 amide bonds. The van der Waals surface area contributed by atoms with Gasteiger partial charge in [-0.1, -0.05) is 29.8 Å². The normalized spacial score (nSPS) is 13.3. The van der Waals surface area contributed by atoms with Crippen molar-refractivity contribution in [3.8, 4) is 0 Å². The molecule has 1 atom stereocenters. The van der Waals surface area contributed by atoms with Gasteiger partial charge in [0.25, 0.3) is 0 Å². The Labute approximate surface area is 140 Å². The molecule has 0 radical (unpaired) electrons. The van der Waals surface area contributed by atoms with Crippen molar-refractivity contribution < 1.29 is 12.8 Å². The van der Waals surface area contributed by atoms with Crippen LogP contribution in [0.1, 0.15) is 20.3 Å². The Morgan fingerprint density at radius 3 is 2.48 bits per heavy atom. The van der Waals surface area contributed by atoms with Crippen LogP contribution in [0.4, 0.5) is 4.39 Å². The van der Waals surface area contributed by atoms with E-state index < -0.39 is 15.8 Å². The van der Waals surface area contributed by atoms with E-state index in [2.05, 4.69) is 15.9 Å². The minimum absolute atomic E-state index is 0. The van der Waals surface area contributed by atoms with Gasteiger partial charge in [0.05, 0.1) is 0 Å². The molecule has 0 saturated heterocycles. The average molecular weight is 404 g/mol. The molecule has 0 aliphatic heterocycles. The monoisotopic (exact) mass is 402 g/mol. The van der Waals surface area contributed by atoms with E-state index >= 15 is 0 Å². The standard InChI is InChI=1S/C13H20BrFN2O2S.ClH/c1-9(2)12(16)6-7-17(3)20(18,19)13-8-10(14)4-5-11(13)15;/h4-5,8-9,12H,6-7,16H2,1-3H3;1H. The van der Waals surface area contributed by atoms with Gasteiger partial charge in [-0.25, -0.2) is 17.1 Å². The highest BCUT2D eigenvalue weighted by Crippen LogP contribution is 2.23. The summed E-state index contributed by atoms with van der Waals surface area (Å²) in [5.41, 5.74) is 5.90. The van der Waals surface area contributed by atoms with Crippen LogP contribution in [0.5, 0.6) is 0 Å². The lowest BCUT2D eigenvalue weighted by molar-refractivity contribution is 0.396. The first-order valence-electron chi connectivity index (χ1n) is 6.33. The second-order valence-electron chi connectivity index (χ2n) is 5.10. The van der Waals surface area contributed by atoms with Crippen LogP contribution in [0.3, 0.4) is 0 Å². The molecule has 0 saturated carbocycles. The predicted octanol–water partition coefficient (Wildman–Crippen LogP) is 3.00. The topological polar surface area (TPSA) is 63.4 Å². The molecule has 8 heteroatoms. The summed E-state index contributed by atoms with van der Waals surface area (Å²) in [6.07, 6.45) is 0.531. The van der Waals surface area contributed by atoms with Crippen LogP contribution in [-0.2, 0) is 10.0 Å². The fraction of sp³-hybridized carbons (Fsp3) is 0.538. The zero-order chi connectivity index (χ0) is 15.5. The van der Waals surface area contributed by atoms with E-state index in [-0.39, 0.29) is 35.8 Å². The summed E-state index contributed by atoms with van der Waals surface area (Å²) in [6.45, 7) is 4.22. The summed E-state index contributed by atoms with van der Waals surface area (Å²) in [4.78, 5) is -0.326. The van der Waals surface area contributed by atoms with Gasteiger partial charge in [-0.3, -0.25) is 0 Å². The number of nitrogens with two attached hydrogens (primary N) is 1. The summed E-state index contributed by atoms with van der Waals surface area (Å²) >= 11 is 3.15. The fourth-order valence-electron chi connectivity index (χ4n) is 1.63. The van der Waals surface area contributed by atoms with Crippen molar-refractivity contribution in [2.45, 2.75) is 31.2 Å². The Bertz CT molecular complexity index is 569. The van der Waals surface area contributed by atoms with Crippen LogP contribution >= 0.6 is 28.3 Å². The van der Waals surface area contributed by atoms with E-state index in [0.29, 0.717) is 10.9 Å². The lowest BCUT2D eigenvalue weighted by Gasteiger charge is -2.21. The third kappa shape index (κ3) is 5.49. The van der Waals surface area contributed by atoms with Crippen molar-refractivity contribution in [2.24, 2.45) is 11.7 Å². The van der Waals surface area contributed by atoms with E-state index in [1.165, 1.54) is 19.2 Å². The van der Waals surface area contributed by atoms with Crippen molar-refractivity contribution in [1.82, 2.24) is 4.31 Å². The maximum atomic E-state index is 13.7. The molecule has 0 bridgehead atoms. The third-order valence-corrected chi connectivity index (χ3v) is 5.58. The molecule has 0 heterocycles. The Hall–Kier alpha value is -0.210. The molecule has 1 aromatic rings. The van der Waals surface area contributed by atoms with Crippen molar-refractivity contribution in [3.63, 3.8) is 0 Å². The van der Waals surface area contributed by atoms with Crippen molar-refractivity contribution >= 4 is 38.4 Å². The first-order chi connectivity index (χ1) is 9.16. The van der Waals surface area contributed by atoms with Gasteiger partial charge in [0.1, 0.15) is 10.7 Å².